The van der Waals surface area contributed by atoms with Crippen LogP contribution in [-0.2, 0) is 0 Å². The second kappa shape index (κ2) is 6.27. The van der Waals surface area contributed by atoms with Crippen LogP contribution in [0.1, 0.15) is 38.7 Å². The highest BCUT2D eigenvalue weighted by molar-refractivity contribution is 5.56. The number of hydrazine groups is 1. The molecule has 0 aliphatic rings. The SMILES string of the molecule is CCCC(CC)Nc1ncnc(NN)c1C. The summed E-state index contributed by atoms with van der Waals surface area (Å²) >= 11 is 0. The summed E-state index contributed by atoms with van der Waals surface area (Å²) in [5, 5.41) is 3.43. The molecule has 0 saturated carbocycles. The molecule has 1 unspecified atom stereocenters. The molecule has 1 rings (SSSR count). The van der Waals surface area contributed by atoms with Crippen LogP contribution < -0.4 is 16.6 Å². The molecule has 16 heavy (non-hydrogen) atoms. The van der Waals surface area contributed by atoms with Crippen molar-refractivity contribution in [3.05, 3.63) is 11.9 Å². The lowest BCUT2D eigenvalue weighted by Gasteiger charge is -2.18. The topological polar surface area (TPSA) is 75.9 Å². The summed E-state index contributed by atoms with van der Waals surface area (Å²) in [7, 11) is 0. The van der Waals surface area contributed by atoms with E-state index in [0.717, 1.165) is 30.6 Å². The van der Waals surface area contributed by atoms with Gasteiger partial charge in [0.15, 0.2) is 0 Å². The quantitative estimate of drug-likeness (QED) is 0.508. The van der Waals surface area contributed by atoms with Crippen molar-refractivity contribution in [3.8, 4) is 0 Å². The van der Waals surface area contributed by atoms with E-state index in [0.29, 0.717) is 11.9 Å². The van der Waals surface area contributed by atoms with Crippen molar-refractivity contribution in [3.63, 3.8) is 0 Å². The predicted octanol–water partition coefficient (Wildman–Crippen LogP) is 2.06. The van der Waals surface area contributed by atoms with Crippen LogP contribution in [0.3, 0.4) is 0 Å². The van der Waals surface area contributed by atoms with Gasteiger partial charge in [-0.2, -0.15) is 0 Å². The lowest BCUT2D eigenvalue weighted by Crippen LogP contribution is -2.20. The second-order valence-electron chi connectivity index (χ2n) is 3.88. The smallest absolute Gasteiger partial charge is 0.148 e. The molecular weight excluding hydrogens is 202 g/mol. The van der Waals surface area contributed by atoms with Crippen molar-refractivity contribution >= 4 is 11.6 Å². The van der Waals surface area contributed by atoms with Gasteiger partial charge in [0, 0.05) is 11.6 Å². The highest BCUT2D eigenvalue weighted by Crippen LogP contribution is 2.19. The maximum absolute atomic E-state index is 5.37. The first-order valence-corrected chi connectivity index (χ1v) is 5.77. The highest BCUT2D eigenvalue weighted by Gasteiger charge is 2.10. The molecular formula is C11H21N5. The summed E-state index contributed by atoms with van der Waals surface area (Å²) in [5.41, 5.74) is 3.53. The molecule has 90 valence electrons. The van der Waals surface area contributed by atoms with Gasteiger partial charge in [-0.25, -0.2) is 15.8 Å². The number of aromatic nitrogens is 2. The monoisotopic (exact) mass is 223 g/mol. The molecule has 0 amide bonds. The molecule has 0 fully saturated rings. The Labute approximate surface area is 96.8 Å². The summed E-state index contributed by atoms with van der Waals surface area (Å²) in [6.45, 7) is 6.31. The first kappa shape index (κ1) is 12.7. The predicted molar refractivity (Wildman–Crippen MR) is 67.2 cm³/mol. The van der Waals surface area contributed by atoms with Crippen molar-refractivity contribution in [1.82, 2.24) is 9.97 Å². The molecule has 1 aromatic heterocycles. The summed E-state index contributed by atoms with van der Waals surface area (Å²) in [6, 6.07) is 0.462. The normalized spacial score (nSPS) is 12.2. The van der Waals surface area contributed by atoms with Gasteiger partial charge in [-0.1, -0.05) is 20.3 Å². The molecule has 1 aromatic rings. The maximum Gasteiger partial charge on any atom is 0.148 e. The summed E-state index contributed by atoms with van der Waals surface area (Å²) < 4.78 is 0. The minimum absolute atomic E-state index is 0.462. The average Bonchev–Trinajstić information content (AvgIpc) is 2.31. The van der Waals surface area contributed by atoms with E-state index in [1.807, 2.05) is 6.92 Å². The lowest BCUT2D eigenvalue weighted by atomic mass is 10.1. The molecule has 0 bridgehead atoms. The molecule has 0 aromatic carbocycles. The Morgan fingerprint density at radius 3 is 2.56 bits per heavy atom. The number of hydrogen-bond acceptors (Lipinski definition) is 5. The second-order valence-corrected chi connectivity index (χ2v) is 3.88. The van der Waals surface area contributed by atoms with E-state index in [2.05, 4.69) is 34.6 Å². The summed E-state index contributed by atoms with van der Waals surface area (Å²) in [5.74, 6) is 6.91. The van der Waals surface area contributed by atoms with Crippen LogP contribution in [0.15, 0.2) is 6.33 Å². The molecule has 0 aliphatic carbocycles. The molecule has 1 heterocycles. The fraction of sp³-hybridized carbons (Fsp3) is 0.636. The molecule has 1 atom stereocenters. The van der Waals surface area contributed by atoms with E-state index in [9.17, 15) is 0 Å². The Morgan fingerprint density at radius 2 is 2.00 bits per heavy atom. The van der Waals surface area contributed by atoms with Crippen LogP contribution in [0.5, 0.6) is 0 Å². The minimum Gasteiger partial charge on any atom is -0.367 e. The van der Waals surface area contributed by atoms with Crippen LogP contribution in [0.4, 0.5) is 11.6 Å². The van der Waals surface area contributed by atoms with Crippen LogP contribution >= 0.6 is 0 Å². The van der Waals surface area contributed by atoms with E-state index in [-0.39, 0.29) is 0 Å². The van der Waals surface area contributed by atoms with E-state index in [1.165, 1.54) is 6.33 Å². The Bertz CT molecular complexity index is 326. The number of rotatable bonds is 6. The van der Waals surface area contributed by atoms with Crippen LogP contribution in [0.25, 0.3) is 0 Å². The standard InChI is InChI=1S/C11H21N5/c1-4-6-9(5-2)15-10-8(3)11(16-12)14-7-13-10/h7,9H,4-6,12H2,1-3H3,(H2,13,14,15,16). The van der Waals surface area contributed by atoms with Gasteiger partial charge < -0.3 is 10.7 Å². The molecule has 0 saturated heterocycles. The largest absolute Gasteiger partial charge is 0.367 e. The fourth-order valence-electron chi connectivity index (χ4n) is 1.66. The van der Waals surface area contributed by atoms with Gasteiger partial charge in [-0.3, -0.25) is 0 Å². The number of nitrogens with two attached hydrogens (primary N) is 1. The van der Waals surface area contributed by atoms with E-state index < -0.39 is 0 Å². The van der Waals surface area contributed by atoms with Gasteiger partial charge in [-0.15, -0.1) is 0 Å². The van der Waals surface area contributed by atoms with Crippen molar-refractivity contribution in [2.24, 2.45) is 5.84 Å². The first-order valence-electron chi connectivity index (χ1n) is 5.77. The Hall–Kier alpha value is -1.36. The number of anilines is 2. The van der Waals surface area contributed by atoms with Gasteiger partial charge in [-0.05, 0) is 19.8 Å². The zero-order chi connectivity index (χ0) is 12.0. The van der Waals surface area contributed by atoms with E-state index in [4.69, 9.17) is 5.84 Å². The minimum atomic E-state index is 0.462. The zero-order valence-electron chi connectivity index (χ0n) is 10.2. The summed E-state index contributed by atoms with van der Waals surface area (Å²) in [6.07, 6.45) is 4.91. The highest BCUT2D eigenvalue weighted by atomic mass is 15.3. The van der Waals surface area contributed by atoms with Crippen molar-refractivity contribution in [2.45, 2.75) is 46.1 Å². The molecule has 5 nitrogen and oxygen atoms in total. The van der Waals surface area contributed by atoms with E-state index >= 15 is 0 Å². The van der Waals surface area contributed by atoms with Crippen molar-refractivity contribution in [2.75, 3.05) is 10.7 Å². The summed E-state index contributed by atoms with van der Waals surface area (Å²) in [4.78, 5) is 8.29. The molecule has 5 heteroatoms. The number of nitrogens with zero attached hydrogens (tertiary/aromatic N) is 2. The van der Waals surface area contributed by atoms with Crippen LogP contribution in [0.2, 0.25) is 0 Å². The van der Waals surface area contributed by atoms with Gasteiger partial charge >= 0.3 is 0 Å². The van der Waals surface area contributed by atoms with Crippen molar-refractivity contribution < 1.29 is 0 Å². The molecule has 4 N–H and O–H groups in total. The van der Waals surface area contributed by atoms with Crippen LogP contribution in [-0.4, -0.2) is 16.0 Å². The lowest BCUT2D eigenvalue weighted by molar-refractivity contribution is 0.619. The van der Waals surface area contributed by atoms with Gasteiger partial charge in [0.2, 0.25) is 0 Å². The van der Waals surface area contributed by atoms with E-state index in [1.54, 1.807) is 0 Å². The Kier molecular flexibility index (Phi) is 4.98. The number of nitrogens with one attached hydrogen (secondary N) is 2. The Morgan fingerprint density at radius 1 is 1.31 bits per heavy atom. The van der Waals surface area contributed by atoms with Crippen molar-refractivity contribution in [1.29, 1.82) is 0 Å². The van der Waals surface area contributed by atoms with Crippen LogP contribution in [0, 0.1) is 6.92 Å². The Balaban J connectivity index is 2.79. The third-order valence-electron chi connectivity index (χ3n) is 2.69. The van der Waals surface area contributed by atoms with Gasteiger partial charge in [0.25, 0.3) is 0 Å². The van der Waals surface area contributed by atoms with Gasteiger partial charge in [0.05, 0.1) is 0 Å². The molecule has 0 spiro atoms. The maximum atomic E-state index is 5.37. The third kappa shape index (κ3) is 3.06. The first-order chi connectivity index (χ1) is 7.72. The third-order valence-corrected chi connectivity index (χ3v) is 2.69. The fourth-order valence-corrected chi connectivity index (χ4v) is 1.66. The number of hydrogen-bond donors (Lipinski definition) is 3. The zero-order valence-corrected chi connectivity index (χ0v) is 10.2. The molecule has 0 aliphatic heterocycles. The number of nitrogen functional groups attached to an aromatic ring is 1. The van der Waals surface area contributed by atoms with Gasteiger partial charge in [0.1, 0.15) is 18.0 Å². The average molecular weight is 223 g/mol. The molecule has 0 radical (unpaired) electrons.